The molecule has 0 aromatic heterocycles. The van der Waals surface area contributed by atoms with Gasteiger partial charge in [0.05, 0.1) is 0 Å². The fraction of sp³-hybridized carbons (Fsp3) is 0.750. The number of carbonyl (C=O) groups is 1. The van der Waals surface area contributed by atoms with Crippen molar-refractivity contribution in [3.63, 3.8) is 0 Å². The lowest BCUT2D eigenvalue weighted by atomic mass is 10.1. The van der Waals surface area contributed by atoms with Crippen LogP contribution in [-0.2, 0) is 9.53 Å². The van der Waals surface area contributed by atoms with Gasteiger partial charge in [0.25, 0.3) is 0 Å². The van der Waals surface area contributed by atoms with E-state index in [0.717, 1.165) is 19.4 Å². The maximum atomic E-state index is 11.9. The Bertz CT molecular complexity index is 283. The van der Waals surface area contributed by atoms with Crippen molar-refractivity contribution < 1.29 is 9.53 Å². The Kier molecular flexibility index (Phi) is 4.39. The highest BCUT2D eigenvalue weighted by molar-refractivity contribution is 6.29. The molecule has 1 rings (SSSR count). The summed E-state index contributed by atoms with van der Waals surface area (Å²) in [4.78, 5) is 13.9. The van der Waals surface area contributed by atoms with Gasteiger partial charge in [-0.05, 0) is 40.2 Å². The molecule has 92 valence electrons. The van der Waals surface area contributed by atoms with Crippen LogP contribution in [0.2, 0.25) is 0 Å². The molecule has 1 fully saturated rings. The van der Waals surface area contributed by atoms with Crippen molar-refractivity contribution in [3.05, 3.63) is 11.6 Å². The third-order valence-corrected chi connectivity index (χ3v) is 2.54. The van der Waals surface area contributed by atoms with Crippen LogP contribution in [0.4, 0.5) is 0 Å². The summed E-state index contributed by atoms with van der Waals surface area (Å²) in [5, 5.41) is 0.565. The van der Waals surface area contributed by atoms with Gasteiger partial charge in [-0.3, -0.25) is 9.69 Å². The van der Waals surface area contributed by atoms with Crippen molar-refractivity contribution in [1.29, 1.82) is 0 Å². The Labute approximate surface area is 102 Å². The summed E-state index contributed by atoms with van der Waals surface area (Å²) in [5.41, 5.74) is -0.427. The number of nitrogens with zero attached hydrogens (tertiary/aromatic N) is 1. The van der Waals surface area contributed by atoms with E-state index in [4.69, 9.17) is 16.3 Å². The molecule has 0 amide bonds. The zero-order chi connectivity index (χ0) is 12.3. The highest BCUT2D eigenvalue weighted by Crippen LogP contribution is 2.22. The Morgan fingerprint density at radius 2 is 2.19 bits per heavy atom. The molecular weight excluding hydrogens is 226 g/mol. The molecule has 1 heterocycles. The smallest absolute Gasteiger partial charge is 0.323 e. The maximum absolute atomic E-state index is 11.9. The average Bonchev–Trinajstić information content (AvgIpc) is 2.47. The Hall–Kier alpha value is -0.540. The quantitative estimate of drug-likeness (QED) is 0.716. The van der Waals surface area contributed by atoms with Crippen molar-refractivity contribution in [2.75, 3.05) is 13.1 Å². The number of rotatable bonds is 3. The predicted molar refractivity (Wildman–Crippen MR) is 65.4 cm³/mol. The molecule has 1 aliphatic rings. The summed E-state index contributed by atoms with van der Waals surface area (Å²) >= 11 is 5.77. The van der Waals surface area contributed by atoms with Crippen LogP contribution in [0.15, 0.2) is 11.6 Å². The molecule has 1 atom stereocenters. The van der Waals surface area contributed by atoms with Gasteiger partial charge in [-0.25, -0.2) is 0 Å². The number of esters is 1. The molecule has 3 nitrogen and oxygen atoms in total. The lowest BCUT2D eigenvalue weighted by molar-refractivity contribution is -0.160. The molecular formula is C12H20ClNO2. The summed E-state index contributed by atoms with van der Waals surface area (Å²) in [5.74, 6) is -0.150. The zero-order valence-corrected chi connectivity index (χ0v) is 11.0. The zero-order valence-electron chi connectivity index (χ0n) is 10.3. The van der Waals surface area contributed by atoms with Crippen LogP contribution in [-0.4, -0.2) is 35.6 Å². The average molecular weight is 246 g/mol. The van der Waals surface area contributed by atoms with Crippen molar-refractivity contribution in [1.82, 2.24) is 4.90 Å². The van der Waals surface area contributed by atoms with Crippen LogP contribution in [0.1, 0.15) is 33.6 Å². The second kappa shape index (κ2) is 5.19. The van der Waals surface area contributed by atoms with Crippen LogP contribution in [0.25, 0.3) is 0 Å². The lowest BCUT2D eigenvalue weighted by Gasteiger charge is -2.27. The van der Waals surface area contributed by atoms with E-state index in [1.807, 2.05) is 25.7 Å². The number of halogens is 1. The van der Waals surface area contributed by atoms with Crippen molar-refractivity contribution >= 4 is 17.6 Å². The first kappa shape index (κ1) is 13.5. The van der Waals surface area contributed by atoms with E-state index in [0.29, 0.717) is 11.6 Å². The molecule has 0 aromatic carbocycles. The largest absolute Gasteiger partial charge is 0.459 e. The van der Waals surface area contributed by atoms with E-state index in [-0.39, 0.29) is 12.0 Å². The van der Waals surface area contributed by atoms with Gasteiger partial charge in [0, 0.05) is 11.6 Å². The molecule has 1 saturated heterocycles. The minimum absolute atomic E-state index is 0.150. The summed E-state index contributed by atoms with van der Waals surface area (Å²) in [6.07, 6.45) is 1.85. The number of ether oxygens (including phenoxy) is 1. The van der Waals surface area contributed by atoms with Crippen LogP contribution in [0, 0.1) is 0 Å². The van der Waals surface area contributed by atoms with Gasteiger partial charge < -0.3 is 4.74 Å². The van der Waals surface area contributed by atoms with Crippen LogP contribution < -0.4 is 0 Å². The topological polar surface area (TPSA) is 29.5 Å². The fourth-order valence-corrected chi connectivity index (χ4v) is 2.03. The van der Waals surface area contributed by atoms with Crippen LogP contribution in [0.3, 0.4) is 0 Å². The number of hydrogen-bond donors (Lipinski definition) is 0. The second-order valence-corrected chi connectivity index (χ2v) is 5.71. The van der Waals surface area contributed by atoms with Gasteiger partial charge in [0.2, 0.25) is 0 Å². The second-order valence-electron chi connectivity index (χ2n) is 5.18. The first-order valence-electron chi connectivity index (χ1n) is 5.60. The third-order valence-electron chi connectivity index (χ3n) is 2.42. The number of carbonyl (C=O) groups excluding carboxylic acids is 1. The molecule has 0 bridgehead atoms. The Balaban J connectivity index is 2.57. The molecule has 1 aliphatic heterocycles. The van der Waals surface area contributed by atoms with Gasteiger partial charge in [0.15, 0.2) is 0 Å². The molecule has 0 aliphatic carbocycles. The number of hydrogen-bond acceptors (Lipinski definition) is 3. The first-order valence-corrected chi connectivity index (χ1v) is 5.97. The van der Waals surface area contributed by atoms with E-state index in [9.17, 15) is 4.79 Å². The SMILES string of the molecule is C=C(Cl)CN1CCC[C@@H]1C(=O)OC(C)(C)C. The normalized spacial score (nSPS) is 22.1. The minimum Gasteiger partial charge on any atom is -0.459 e. The summed E-state index contributed by atoms with van der Waals surface area (Å²) in [6, 6.07) is -0.158. The lowest BCUT2D eigenvalue weighted by Crippen LogP contribution is -2.40. The summed E-state index contributed by atoms with van der Waals surface area (Å²) < 4.78 is 5.38. The Morgan fingerprint density at radius 1 is 1.56 bits per heavy atom. The van der Waals surface area contributed by atoms with E-state index < -0.39 is 5.60 Å². The van der Waals surface area contributed by atoms with Gasteiger partial charge in [-0.2, -0.15) is 0 Å². The Morgan fingerprint density at radius 3 is 2.69 bits per heavy atom. The monoisotopic (exact) mass is 245 g/mol. The predicted octanol–water partition coefficient (Wildman–Crippen LogP) is 2.55. The molecule has 0 unspecified atom stereocenters. The molecule has 0 N–H and O–H groups in total. The van der Waals surface area contributed by atoms with Gasteiger partial charge in [-0.15, -0.1) is 0 Å². The van der Waals surface area contributed by atoms with Crippen LogP contribution >= 0.6 is 11.6 Å². The highest BCUT2D eigenvalue weighted by Gasteiger charge is 2.33. The van der Waals surface area contributed by atoms with Gasteiger partial charge in [-0.1, -0.05) is 18.2 Å². The fourth-order valence-electron chi connectivity index (χ4n) is 1.87. The summed E-state index contributed by atoms with van der Waals surface area (Å²) in [6.45, 7) is 10.7. The van der Waals surface area contributed by atoms with E-state index >= 15 is 0 Å². The summed E-state index contributed by atoms with van der Waals surface area (Å²) in [7, 11) is 0. The third kappa shape index (κ3) is 4.14. The molecule has 0 radical (unpaired) electrons. The van der Waals surface area contributed by atoms with Crippen molar-refractivity contribution in [2.45, 2.75) is 45.3 Å². The van der Waals surface area contributed by atoms with Gasteiger partial charge >= 0.3 is 5.97 Å². The first-order chi connectivity index (χ1) is 7.29. The molecule has 16 heavy (non-hydrogen) atoms. The van der Waals surface area contributed by atoms with Crippen LogP contribution in [0.5, 0.6) is 0 Å². The van der Waals surface area contributed by atoms with E-state index in [1.165, 1.54) is 0 Å². The molecule has 0 spiro atoms. The maximum Gasteiger partial charge on any atom is 0.323 e. The van der Waals surface area contributed by atoms with E-state index in [2.05, 4.69) is 6.58 Å². The van der Waals surface area contributed by atoms with Crippen molar-refractivity contribution in [3.8, 4) is 0 Å². The number of likely N-dealkylation sites (tertiary alicyclic amines) is 1. The molecule has 0 aromatic rings. The molecule has 4 heteroatoms. The van der Waals surface area contributed by atoms with E-state index in [1.54, 1.807) is 0 Å². The standard InChI is InChI=1S/C12H20ClNO2/c1-9(13)8-14-7-5-6-10(14)11(15)16-12(2,3)4/h10H,1,5-8H2,2-4H3/t10-/m1/s1. The van der Waals surface area contributed by atoms with Gasteiger partial charge in [0.1, 0.15) is 11.6 Å². The molecule has 0 saturated carbocycles. The van der Waals surface area contributed by atoms with Crippen molar-refractivity contribution in [2.24, 2.45) is 0 Å². The minimum atomic E-state index is -0.427. The highest BCUT2D eigenvalue weighted by atomic mass is 35.5.